The molecule has 0 fully saturated rings. The van der Waals surface area contributed by atoms with Gasteiger partial charge >= 0.3 is 5.97 Å². The van der Waals surface area contributed by atoms with Crippen LogP contribution in [0.15, 0.2) is 48.5 Å². The standard InChI is InChI=1S/C14H11NO3/c16-9-10-5-1-3-7-12(10)15-13-8-4-2-6-11(13)14(17)18/h1-9,15H,(H,17,18). The van der Waals surface area contributed by atoms with Crippen LogP contribution in [-0.4, -0.2) is 17.4 Å². The Bertz CT molecular complexity index is 593. The molecule has 90 valence electrons. The van der Waals surface area contributed by atoms with E-state index >= 15 is 0 Å². The zero-order valence-electron chi connectivity index (χ0n) is 9.46. The highest BCUT2D eigenvalue weighted by Gasteiger charge is 2.10. The summed E-state index contributed by atoms with van der Waals surface area (Å²) in [6.07, 6.45) is 0.728. The molecule has 2 aromatic rings. The van der Waals surface area contributed by atoms with Crippen LogP contribution >= 0.6 is 0 Å². The minimum atomic E-state index is -1.01. The number of rotatable bonds is 4. The maximum atomic E-state index is 11.1. The lowest BCUT2D eigenvalue weighted by atomic mass is 10.1. The highest BCUT2D eigenvalue weighted by Crippen LogP contribution is 2.22. The predicted octanol–water partition coefficient (Wildman–Crippen LogP) is 2.94. The SMILES string of the molecule is O=Cc1ccccc1Nc1ccccc1C(=O)O. The van der Waals surface area contributed by atoms with Gasteiger partial charge in [0, 0.05) is 11.3 Å². The number of benzene rings is 2. The summed E-state index contributed by atoms with van der Waals surface area (Å²) in [7, 11) is 0. The molecule has 0 aliphatic rings. The van der Waals surface area contributed by atoms with Crippen LogP contribution in [0.25, 0.3) is 0 Å². The molecule has 0 aromatic heterocycles. The number of nitrogens with one attached hydrogen (secondary N) is 1. The molecule has 0 atom stereocenters. The molecular weight excluding hydrogens is 230 g/mol. The molecular formula is C14H11NO3. The Morgan fingerprint density at radius 2 is 1.61 bits per heavy atom. The van der Waals surface area contributed by atoms with Crippen molar-refractivity contribution in [1.82, 2.24) is 0 Å². The summed E-state index contributed by atoms with van der Waals surface area (Å²) in [5.74, 6) is -1.01. The summed E-state index contributed by atoms with van der Waals surface area (Å²) in [4.78, 5) is 21.9. The molecule has 2 aromatic carbocycles. The highest BCUT2D eigenvalue weighted by atomic mass is 16.4. The second-order valence-corrected chi connectivity index (χ2v) is 3.68. The minimum Gasteiger partial charge on any atom is -0.478 e. The van der Waals surface area contributed by atoms with Gasteiger partial charge in [0.25, 0.3) is 0 Å². The highest BCUT2D eigenvalue weighted by molar-refractivity contribution is 5.96. The van der Waals surface area contributed by atoms with Crippen molar-refractivity contribution in [2.24, 2.45) is 0 Å². The Labute approximate surface area is 104 Å². The van der Waals surface area contributed by atoms with Crippen molar-refractivity contribution in [3.8, 4) is 0 Å². The normalized spacial score (nSPS) is 9.78. The number of para-hydroxylation sites is 2. The van der Waals surface area contributed by atoms with E-state index in [0.717, 1.165) is 6.29 Å². The van der Waals surface area contributed by atoms with E-state index in [-0.39, 0.29) is 5.56 Å². The topological polar surface area (TPSA) is 66.4 Å². The maximum absolute atomic E-state index is 11.1. The van der Waals surface area contributed by atoms with Crippen LogP contribution in [0.2, 0.25) is 0 Å². The number of carboxylic acids is 1. The summed E-state index contributed by atoms with van der Waals surface area (Å²) < 4.78 is 0. The molecule has 2 N–H and O–H groups in total. The molecule has 18 heavy (non-hydrogen) atoms. The molecule has 0 aliphatic heterocycles. The van der Waals surface area contributed by atoms with E-state index < -0.39 is 5.97 Å². The Balaban J connectivity index is 2.40. The number of hydrogen-bond acceptors (Lipinski definition) is 3. The number of aldehydes is 1. The first kappa shape index (κ1) is 11.9. The van der Waals surface area contributed by atoms with Gasteiger partial charge in [-0.25, -0.2) is 4.79 Å². The summed E-state index contributed by atoms with van der Waals surface area (Å²) in [6, 6.07) is 13.5. The van der Waals surface area contributed by atoms with Crippen LogP contribution in [0.5, 0.6) is 0 Å². The van der Waals surface area contributed by atoms with Crippen molar-refractivity contribution in [3.05, 3.63) is 59.7 Å². The van der Waals surface area contributed by atoms with E-state index in [4.69, 9.17) is 5.11 Å². The smallest absolute Gasteiger partial charge is 0.337 e. The molecule has 0 radical (unpaired) electrons. The average Bonchev–Trinajstić information content (AvgIpc) is 2.40. The van der Waals surface area contributed by atoms with Crippen LogP contribution in [0.4, 0.5) is 11.4 Å². The molecule has 2 rings (SSSR count). The second-order valence-electron chi connectivity index (χ2n) is 3.68. The predicted molar refractivity (Wildman–Crippen MR) is 68.5 cm³/mol. The number of hydrogen-bond donors (Lipinski definition) is 2. The molecule has 0 amide bonds. The molecule has 0 aliphatic carbocycles. The van der Waals surface area contributed by atoms with Crippen molar-refractivity contribution in [3.63, 3.8) is 0 Å². The van der Waals surface area contributed by atoms with E-state index in [0.29, 0.717) is 16.9 Å². The third kappa shape index (κ3) is 2.38. The molecule has 4 heteroatoms. The monoisotopic (exact) mass is 241 g/mol. The third-order valence-corrected chi connectivity index (χ3v) is 2.51. The van der Waals surface area contributed by atoms with Crippen LogP contribution in [0.1, 0.15) is 20.7 Å². The molecule has 0 saturated heterocycles. The van der Waals surface area contributed by atoms with E-state index in [1.165, 1.54) is 6.07 Å². The first-order valence-corrected chi connectivity index (χ1v) is 5.36. The van der Waals surface area contributed by atoms with E-state index in [1.807, 2.05) is 0 Å². The Morgan fingerprint density at radius 3 is 2.28 bits per heavy atom. The number of anilines is 2. The molecule has 0 spiro atoms. The average molecular weight is 241 g/mol. The summed E-state index contributed by atoms with van der Waals surface area (Å²) in [6.45, 7) is 0. The van der Waals surface area contributed by atoms with Gasteiger partial charge in [0.1, 0.15) is 0 Å². The number of carbonyl (C=O) groups is 2. The Morgan fingerprint density at radius 1 is 1.00 bits per heavy atom. The lowest BCUT2D eigenvalue weighted by Crippen LogP contribution is -2.03. The number of carboxylic acid groups (broad SMARTS) is 1. The van der Waals surface area contributed by atoms with Crippen molar-refractivity contribution < 1.29 is 14.7 Å². The third-order valence-electron chi connectivity index (χ3n) is 2.51. The van der Waals surface area contributed by atoms with Gasteiger partial charge in [-0.2, -0.15) is 0 Å². The summed E-state index contributed by atoms with van der Waals surface area (Å²) >= 11 is 0. The fourth-order valence-corrected chi connectivity index (χ4v) is 1.64. The van der Waals surface area contributed by atoms with Gasteiger partial charge in [0.2, 0.25) is 0 Å². The van der Waals surface area contributed by atoms with Crippen molar-refractivity contribution in [2.75, 3.05) is 5.32 Å². The zero-order chi connectivity index (χ0) is 13.0. The second kappa shape index (κ2) is 5.14. The zero-order valence-corrected chi connectivity index (χ0v) is 9.46. The first-order chi connectivity index (χ1) is 8.72. The summed E-state index contributed by atoms with van der Waals surface area (Å²) in [5, 5.41) is 12.0. The van der Waals surface area contributed by atoms with Gasteiger partial charge in [0.15, 0.2) is 6.29 Å². The van der Waals surface area contributed by atoms with Crippen LogP contribution in [0, 0.1) is 0 Å². The van der Waals surface area contributed by atoms with E-state index in [9.17, 15) is 9.59 Å². The van der Waals surface area contributed by atoms with Crippen molar-refractivity contribution in [2.45, 2.75) is 0 Å². The Kier molecular flexibility index (Phi) is 3.38. The quantitative estimate of drug-likeness (QED) is 0.807. The maximum Gasteiger partial charge on any atom is 0.337 e. The summed E-state index contributed by atoms with van der Waals surface area (Å²) in [5.41, 5.74) is 1.69. The van der Waals surface area contributed by atoms with Gasteiger partial charge < -0.3 is 10.4 Å². The van der Waals surface area contributed by atoms with E-state index in [1.54, 1.807) is 42.5 Å². The Hall–Kier alpha value is -2.62. The van der Waals surface area contributed by atoms with Crippen molar-refractivity contribution in [1.29, 1.82) is 0 Å². The largest absolute Gasteiger partial charge is 0.478 e. The van der Waals surface area contributed by atoms with Crippen LogP contribution < -0.4 is 5.32 Å². The van der Waals surface area contributed by atoms with Gasteiger partial charge in [-0.15, -0.1) is 0 Å². The fraction of sp³-hybridized carbons (Fsp3) is 0. The lowest BCUT2D eigenvalue weighted by Gasteiger charge is -2.10. The van der Waals surface area contributed by atoms with Gasteiger partial charge in [0.05, 0.1) is 11.3 Å². The van der Waals surface area contributed by atoms with Crippen LogP contribution in [-0.2, 0) is 0 Å². The van der Waals surface area contributed by atoms with Gasteiger partial charge in [-0.3, -0.25) is 4.79 Å². The lowest BCUT2D eigenvalue weighted by molar-refractivity contribution is 0.0698. The van der Waals surface area contributed by atoms with Crippen LogP contribution in [0.3, 0.4) is 0 Å². The molecule has 0 saturated carbocycles. The van der Waals surface area contributed by atoms with E-state index in [2.05, 4.69) is 5.32 Å². The fourth-order valence-electron chi connectivity index (χ4n) is 1.64. The molecule has 0 bridgehead atoms. The number of carbonyl (C=O) groups excluding carboxylic acids is 1. The van der Waals surface area contributed by atoms with Crippen molar-refractivity contribution >= 4 is 23.6 Å². The molecule has 0 unspecified atom stereocenters. The molecule has 0 heterocycles. The minimum absolute atomic E-state index is 0.165. The molecule has 4 nitrogen and oxygen atoms in total. The van der Waals surface area contributed by atoms with Gasteiger partial charge in [-0.05, 0) is 24.3 Å². The number of aromatic carboxylic acids is 1. The van der Waals surface area contributed by atoms with Gasteiger partial charge in [-0.1, -0.05) is 24.3 Å². The first-order valence-electron chi connectivity index (χ1n) is 5.36.